The fourth-order valence-electron chi connectivity index (χ4n) is 1.54. The molecule has 2 rings (SSSR count). The minimum Gasteiger partial charge on any atom is -0.264 e. The normalized spacial score (nSPS) is 11.4. The molecule has 1 N–H and O–H groups in total. The third-order valence-corrected chi connectivity index (χ3v) is 3.99. The van der Waals surface area contributed by atoms with Gasteiger partial charge in [0.15, 0.2) is 0 Å². The molecule has 100 valence electrons. The maximum atomic E-state index is 11.9. The zero-order valence-electron chi connectivity index (χ0n) is 10.6. The van der Waals surface area contributed by atoms with E-state index in [1.54, 1.807) is 24.5 Å². The van der Waals surface area contributed by atoms with Crippen LogP contribution in [0.15, 0.2) is 47.8 Å². The molecule has 2 heterocycles. The van der Waals surface area contributed by atoms with E-state index in [9.17, 15) is 8.42 Å². The van der Waals surface area contributed by atoms with Gasteiger partial charge in [-0.15, -0.1) is 0 Å². The Labute approximate surface area is 112 Å². The summed E-state index contributed by atoms with van der Waals surface area (Å²) in [7, 11) is -3.45. The Bertz CT molecular complexity index is 625. The van der Waals surface area contributed by atoms with E-state index in [-0.39, 0.29) is 4.90 Å². The quantitative estimate of drug-likeness (QED) is 0.905. The zero-order chi connectivity index (χ0) is 13.7. The van der Waals surface area contributed by atoms with Crippen LogP contribution in [0.2, 0.25) is 0 Å². The highest BCUT2D eigenvalue weighted by molar-refractivity contribution is 7.89. The molecule has 0 unspecified atom stereocenters. The van der Waals surface area contributed by atoms with E-state index in [0.29, 0.717) is 12.2 Å². The van der Waals surface area contributed by atoms with Crippen LogP contribution in [0.1, 0.15) is 13.3 Å². The highest BCUT2D eigenvalue weighted by atomic mass is 32.2. The Morgan fingerprint density at radius 3 is 2.63 bits per heavy atom. The van der Waals surface area contributed by atoms with Gasteiger partial charge in [0, 0.05) is 30.7 Å². The second-order valence-corrected chi connectivity index (χ2v) is 5.79. The molecule has 0 atom stereocenters. The average Bonchev–Trinajstić information content (AvgIpc) is 2.46. The van der Waals surface area contributed by atoms with Crippen LogP contribution in [-0.4, -0.2) is 24.9 Å². The van der Waals surface area contributed by atoms with Gasteiger partial charge in [-0.3, -0.25) is 9.97 Å². The van der Waals surface area contributed by atoms with E-state index in [0.717, 1.165) is 12.0 Å². The summed E-state index contributed by atoms with van der Waals surface area (Å²) in [4.78, 5) is 8.34. The molecule has 6 heteroatoms. The molecule has 5 nitrogen and oxygen atoms in total. The number of nitrogens with zero attached hydrogens (tertiary/aromatic N) is 2. The summed E-state index contributed by atoms with van der Waals surface area (Å²) in [6.45, 7) is 2.33. The van der Waals surface area contributed by atoms with Crippen molar-refractivity contribution in [2.45, 2.75) is 18.2 Å². The summed E-state index contributed by atoms with van der Waals surface area (Å²) >= 11 is 0. The van der Waals surface area contributed by atoms with Crippen LogP contribution in [-0.2, 0) is 10.0 Å². The van der Waals surface area contributed by atoms with E-state index in [4.69, 9.17) is 0 Å². The molecule has 0 aromatic carbocycles. The lowest BCUT2D eigenvalue weighted by Crippen LogP contribution is -2.24. The Balaban J connectivity index is 2.24. The van der Waals surface area contributed by atoms with E-state index >= 15 is 0 Å². The van der Waals surface area contributed by atoms with Crippen LogP contribution in [0.4, 0.5) is 0 Å². The van der Waals surface area contributed by atoms with Crippen LogP contribution >= 0.6 is 0 Å². The summed E-state index contributed by atoms with van der Waals surface area (Å²) in [6, 6.07) is 6.91. The van der Waals surface area contributed by atoms with Crippen molar-refractivity contribution in [1.29, 1.82) is 0 Å². The summed E-state index contributed by atoms with van der Waals surface area (Å²) in [5.41, 5.74) is 1.55. The van der Waals surface area contributed by atoms with Gasteiger partial charge in [0.1, 0.15) is 4.90 Å². The molecule has 0 bridgehead atoms. The lowest BCUT2D eigenvalue weighted by molar-refractivity contribution is 0.580. The van der Waals surface area contributed by atoms with Gasteiger partial charge in [0.2, 0.25) is 10.0 Å². The number of hydrogen-bond acceptors (Lipinski definition) is 4. The van der Waals surface area contributed by atoms with E-state index in [2.05, 4.69) is 14.7 Å². The Morgan fingerprint density at radius 1 is 1.21 bits per heavy atom. The number of aromatic nitrogens is 2. The van der Waals surface area contributed by atoms with E-state index in [1.165, 1.54) is 6.20 Å². The SMILES string of the molecule is CCCNS(=O)(=O)c1ccc(-c2cccnc2)nc1. The first-order valence-electron chi connectivity index (χ1n) is 5.99. The molecular weight excluding hydrogens is 262 g/mol. The molecule has 0 fully saturated rings. The highest BCUT2D eigenvalue weighted by Gasteiger charge is 2.13. The number of pyridine rings is 2. The Hall–Kier alpha value is -1.79. The molecule has 0 saturated heterocycles. The third-order valence-electron chi connectivity index (χ3n) is 2.55. The zero-order valence-corrected chi connectivity index (χ0v) is 11.4. The van der Waals surface area contributed by atoms with Crippen molar-refractivity contribution >= 4 is 10.0 Å². The number of hydrogen-bond donors (Lipinski definition) is 1. The summed E-state index contributed by atoms with van der Waals surface area (Å²) in [6.07, 6.45) is 5.48. The van der Waals surface area contributed by atoms with Crippen molar-refractivity contribution in [3.05, 3.63) is 42.9 Å². The van der Waals surface area contributed by atoms with Crippen molar-refractivity contribution in [3.8, 4) is 11.3 Å². The van der Waals surface area contributed by atoms with E-state index in [1.807, 2.05) is 19.1 Å². The van der Waals surface area contributed by atoms with Gasteiger partial charge < -0.3 is 0 Å². The summed E-state index contributed by atoms with van der Waals surface area (Å²) in [5, 5.41) is 0. The van der Waals surface area contributed by atoms with Crippen LogP contribution in [0.3, 0.4) is 0 Å². The van der Waals surface area contributed by atoms with Crippen molar-refractivity contribution < 1.29 is 8.42 Å². The second-order valence-electron chi connectivity index (χ2n) is 4.02. The first-order valence-corrected chi connectivity index (χ1v) is 7.48. The number of rotatable bonds is 5. The molecule has 0 radical (unpaired) electrons. The lowest BCUT2D eigenvalue weighted by atomic mass is 10.2. The van der Waals surface area contributed by atoms with Gasteiger partial charge in [0.25, 0.3) is 0 Å². The molecular formula is C13H15N3O2S. The molecule has 0 aliphatic carbocycles. The molecule has 19 heavy (non-hydrogen) atoms. The molecule has 0 aliphatic rings. The molecule has 0 saturated carbocycles. The average molecular weight is 277 g/mol. The fraction of sp³-hybridized carbons (Fsp3) is 0.231. The first-order chi connectivity index (χ1) is 9.13. The summed E-state index contributed by atoms with van der Waals surface area (Å²) in [5.74, 6) is 0. The molecule has 0 amide bonds. The predicted molar refractivity (Wildman–Crippen MR) is 72.9 cm³/mol. The van der Waals surface area contributed by atoms with Crippen LogP contribution in [0, 0.1) is 0 Å². The number of nitrogens with one attached hydrogen (secondary N) is 1. The topological polar surface area (TPSA) is 72.0 Å². The smallest absolute Gasteiger partial charge is 0.242 e. The fourth-order valence-corrected chi connectivity index (χ4v) is 2.62. The van der Waals surface area contributed by atoms with Gasteiger partial charge in [-0.1, -0.05) is 6.92 Å². The molecule has 2 aromatic rings. The monoisotopic (exact) mass is 277 g/mol. The van der Waals surface area contributed by atoms with Crippen molar-refractivity contribution in [1.82, 2.24) is 14.7 Å². The highest BCUT2D eigenvalue weighted by Crippen LogP contribution is 2.17. The minimum atomic E-state index is -3.45. The second kappa shape index (κ2) is 5.90. The first kappa shape index (κ1) is 13.6. The van der Waals surface area contributed by atoms with Gasteiger partial charge in [0.05, 0.1) is 5.69 Å². The number of sulfonamides is 1. The van der Waals surface area contributed by atoms with Crippen molar-refractivity contribution in [2.24, 2.45) is 0 Å². The van der Waals surface area contributed by atoms with Gasteiger partial charge in [-0.05, 0) is 30.7 Å². The van der Waals surface area contributed by atoms with Gasteiger partial charge in [-0.25, -0.2) is 13.1 Å². The van der Waals surface area contributed by atoms with Gasteiger partial charge >= 0.3 is 0 Å². The van der Waals surface area contributed by atoms with Gasteiger partial charge in [-0.2, -0.15) is 0 Å². The minimum absolute atomic E-state index is 0.175. The Kier molecular flexibility index (Phi) is 4.24. The third kappa shape index (κ3) is 3.36. The van der Waals surface area contributed by atoms with Crippen LogP contribution < -0.4 is 4.72 Å². The largest absolute Gasteiger partial charge is 0.264 e. The molecule has 0 spiro atoms. The van der Waals surface area contributed by atoms with Crippen LogP contribution in [0.25, 0.3) is 11.3 Å². The molecule has 2 aromatic heterocycles. The van der Waals surface area contributed by atoms with Crippen LogP contribution in [0.5, 0.6) is 0 Å². The van der Waals surface area contributed by atoms with Crippen molar-refractivity contribution in [3.63, 3.8) is 0 Å². The maximum Gasteiger partial charge on any atom is 0.242 e. The van der Waals surface area contributed by atoms with E-state index < -0.39 is 10.0 Å². The maximum absolute atomic E-state index is 11.9. The van der Waals surface area contributed by atoms with Crippen molar-refractivity contribution in [2.75, 3.05) is 6.54 Å². The predicted octanol–water partition coefficient (Wildman–Crippen LogP) is 1.83. The summed E-state index contributed by atoms with van der Waals surface area (Å²) < 4.78 is 26.3. The molecule has 0 aliphatic heterocycles. The standard InChI is InChI=1S/C13H15N3O2S/c1-2-7-16-19(17,18)12-5-6-13(15-10-12)11-4-3-8-14-9-11/h3-6,8-10,16H,2,7H2,1H3. The lowest BCUT2D eigenvalue weighted by Gasteiger charge is -2.06. The Morgan fingerprint density at radius 2 is 2.05 bits per heavy atom.